The van der Waals surface area contributed by atoms with Crippen molar-refractivity contribution < 1.29 is 14.6 Å². The molecule has 0 spiro atoms. The molecular weight excluding hydrogens is 438 g/mol. The number of aromatic nitrogens is 2. The van der Waals surface area contributed by atoms with Crippen LogP contribution >= 0.6 is 11.6 Å². The molecule has 1 atom stereocenters. The topological polar surface area (TPSA) is 78.5 Å². The quantitative estimate of drug-likeness (QED) is 0.394. The lowest BCUT2D eigenvalue weighted by molar-refractivity contribution is 0.0730. The van der Waals surface area contributed by atoms with E-state index in [-0.39, 0.29) is 17.7 Å². The first kappa shape index (κ1) is 21.1. The molecule has 1 aliphatic rings. The van der Waals surface area contributed by atoms with Crippen molar-refractivity contribution in [2.75, 3.05) is 6.61 Å². The number of halogens is 1. The van der Waals surface area contributed by atoms with Gasteiger partial charge in [-0.05, 0) is 54.4 Å². The highest BCUT2D eigenvalue weighted by Gasteiger charge is 2.42. The van der Waals surface area contributed by atoms with Gasteiger partial charge in [-0.2, -0.15) is 5.10 Å². The third-order valence-corrected chi connectivity index (χ3v) is 6.05. The summed E-state index contributed by atoms with van der Waals surface area (Å²) in [4.78, 5) is 15.3. The van der Waals surface area contributed by atoms with E-state index in [1.54, 1.807) is 18.2 Å². The molecule has 33 heavy (non-hydrogen) atoms. The van der Waals surface area contributed by atoms with Crippen LogP contribution in [-0.4, -0.2) is 32.7 Å². The maximum Gasteiger partial charge on any atom is 0.273 e. The number of H-pyrrole nitrogens is 1. The lowest BCUT2D eigenvalue weighted by atomic mass is 9.95. The van der Waals surface area contributed by atoms with Gasteiger partial charge in [0.25, 0.3) is 5.91 Å². The molecule has 0 bridgehead atoms. The van der Waals surface area contributed by atoms with Crippen molar-refractivity contribution in [3.05, 3.63) is 100 Å². The molecule has 1 aromatic heterocycles. The van der Waals surface area contributed by atoms with E-state index in [0.29, 0.717) is 35.1 Å². The van der Waals surface area contributed by atoms with Gasteiger partial charge in [0.15, 0.2) is 0 Å². The summed E-state index contributed by atoms with van der Waals surface area (Å²) in [6.07, 6.45) is 0. The predicted molar refractivity (Wildman–Crippen MR) is 126 cm³/mol. The van der Waals surface area contributed by atoms with Crippen molar-refractivity contribution in [1.29, 1.82) is 0 Å². The van der Waals surface area contributed by atoms with Crippen molar-refractivity contribution in [2.24, 2.45) is 0 Å². The number of aromatic hydroxyl groups is 1. The summed E-state index contributed by atoms with van der Waals surface area (Å²) in [5.74, 6) is 0.733. The third-order valence-electron chi connectivity index (χ3n) is 5.80. The Bertz CT molecular complexity index is 1300. The van der Waals surface area contributed by atoms with Crippen molar-refractivity contribution in [2.45, 2.75) is 19.5 Å². The monoisotopic (exact) mass is 459 g/mol. The number of carbonyl (C=O) groups is 1. The SMILES string of the molecule is CCOc1ccc(C2c3c(-c4ccccc4O)n[nH]c3C(=O)N2Cc2ccc(Cl)cc2)cc1. The van der Waals surface area contributed by atoms with Crippen LogP contribution in [0, 0.1) is 0 Å². The molecule has 7 heteroatoms. The highest BCUT2D eigenvalue weighted by molar-refractivity contribution is 6.30. The number of carbonyl (C=O) groups excluding carboxylic acids is 1. The largest absolute Gasteiger partial charge is 0.507 e. The Kier molecular flexibility index (Phi) is 5.52. The fourth-order valence-electron chi connectivity index (χ4n) is 4.29. The number of phenols is 1. The fraction of sp³-hybridized carbons (Fsp3) is 0.154. The molecule has 0 saturated carbocycles. The second-order valence-corrected chi connectivity index (χ2v) is 8.28. The number of nitrogens with zero attached hydrogens (tertiary/aromatic N) is 2. The second kappa shape index (κ2) is 8.64. The smallest absolute Gasteiger partial charge is 0.273 e. The molecule has 4 aromatic rings. The number of ether oxygens (including phenoxy) is 1. The summed E-state index contributed by atoms with van der Waals surface area (Å²) in [5, 5.41) is 18.5. The fourth-order valence-corrected chi connectivity index (χ4v) is 4.41. The molecule has 166 valence electrons. The van der Waals surface area contributed by atoms with Crippen LogP contribution in [-0.2, 0) is 6.54 Å². The number of rotatable bonds is 6. The molecule has 0 radical (unpaired) electrons. The number of hydrogen-bond donors (Lipinski definition) is 2. The van der Waals surface area contributed by atoms with E-state index in [0.717, 1.165) is 22.4 Å². The summed E-state index contributed by atoms with van der Waals surface area (Å²) in [6, 6.07) is 21.8. The molecular formula is C26H22ClN3O3. The van der Waals surface area contributed by atoms with E-state index < -0.39 is 0 Å². The average Bonchev–Trinajstić information content (AvgIpc) is 3.36. The van der Waals surface area contributed by atoms with Gasteiger partial charge in [0.05, 0.1) is 12.6 Å². The van der Waals surface area contributed by atoms with Crippen molar-refractivity contribution in [3.63, 3.8) is 0 Å². The third kappa shape index (κ3) is 3.83. The van der Waals surface area contributed by atoms with E-state index in [9.17, 15) is 9.90 Å². The van der Waals surface area contributed by atoms with E-state index in [2.05, 4.69) is 10.2 Å². The maximum absolute atomic E-state index is 13.5. The Morgan fingerprint density at radius 3 is 2.48 bits per heavy atom. The first-order valence-corrected chi connectivity index (χ1v) is 11.1. The summed E-state index contributed by atoms with van der Waals surface area (Å²) in [6.45, 7) is 2.91. The average molecular weight is 460 g/mol. The van der Waals surface area contributed by atoms with Gasteiger partial charge >= 0.3 is 0 Å². The van der Waals surface area contributed by atoms with Crippen LogP contribution in [0.4, 0.5) is 0 Å². The van der Waals surface area contributed by atoms with Gasteiger partial charge in [0.2, 0.25) is 0 Å². The minimum Gasteiger partial charge on any atom is -0.507 e. The lowest BCUT2D eigenvalue weighted by Gasteiger charge is -2.27. The summed E-state index contributed by atoms with van der Waals surface area (Å²) in [5.41, 5.74) is 4.21. The van der Waals surface area contributed by atoms with Gasteiger partial charge in [-0.15, -0.1) is 0 Å². The molecule has 6 nitrogen and oxygen atoms in total. The van der Waals surface area contributed by atoms with E-state index in [1.165, 1.54) is 0 Å². The number of aromatic amines is 1. The highest BCUT2D eigenvalue weighted by atomic mass is 35.5. The first-order valence-electron chi connectivity index (χ1n) is 10.7. The van der Waals surface area contributed by atoms with Crippen LogP contribution in [0.5, 0.6) is 11.5 Å². The number of para-hydroxylation sites is 1. The molecule has 0 saturated heterocycles. The standard InChI is InChI=1S/C26H22ClN3O3/c1-2-33-19-13-9-17(10-14-19)25-22-23(20-5-3-4-6-21(20)31)28-29-24(22)26(32)30(25)15-16-7-11-18(27)12-8-16/h3-14,25,31H,2,15H2,1H3,(H,28,29). The van der Waals surface area contributed by atoms with Gasteiger partial charge in [0, 0.05) is 22.7 Å². The molecule has 2 heterocycles. The molecule has 1 unspecified atom stereocenters. The van der Waals surface area contributed by atoms with Crippen LogP contribution in [0.15, 0.2) is 72.8 Å². The molecule has 0 aliphatic carbocycles. The minimum absolute atomic E-state index is 0.112. The summed E-state index contributed by atoms with van der Waals surface area (Å²) < 4.78 is 5.60. The normalized spacial score (nSPS) is 15.0. The minimum atomic E-state index is -0.382. The van der Waals surface area contributed by atoms with Gasteiger partial charge in [0.1, 0.15) is 22.9 Å². The second-order valence-electron chi connectivity index (χ2n) is 7.84. The Hall–Kier alpha value is -3.77. The van der Waals surface area contributed by atoms with Crippen molar-refractivity contribution in [1.82, 2.24) is 15.1 Å². The zero-order chi connectivity index (χ0) is 22.9. The predicted octanol–water partition coefficient (Wildman–Crippen LogP) is 5.58. The van der Waals surface area contributed by atoms with Crippen LogP contribution in [0.25, 0.3) is 11.3 Å². The number of phenolic OH excluding ortho intramolecular Hbond substituents is 1. The molecule has 5 rings (SSSR count). The summed E-state index contributed by atoms with van der Waals surface area (Å²) >= 11 is 6.05. The van der Waals surface area contributed by atoms with Crippen LogP contribution in [0.3, 0.4) is 0 Å². The van der Waals surface area contributed by atoms with Crippen molar-refractivity contribution in [3.8, 4) is 22.8 Å². The van der Waals surface area contributed by atoms with E-state index in [4.69, 9.17) is 16.3 Å². The molecule has 3 aromatic carbocycles. The molecule has 2 N–H and O–H groups in total. The van der Waals surface area contributed by atoms with Crippen molar-refractivity contribution >= 4 is 17.5 Å². The lowest BCUT2D eigenvalue weighted by Crippen LogP contribution is -2.29. The van der Waals surface area contributed by atoms with Gasteiger partial charge in [-0.3, -0.25) is 9.89 Å². The Balaban J connectivity index is 1.62. The maximum atomic E-state index is 13.5. The molecule has 0 fully saturated rings. The zero-order valence-corrected chi connectivity index (χ0v) is 18.7. The number of nitrogens with one attached hydrogen (secondary N) is 1. The Labute approximate surface area is 196 Å². The van der Waals surface area contributed by atoms with E-state index in [1.807, 2.05) is 66.4 Å². The van der Waals surface area contributed by atoms with Gasteiger partial charge < -0.3 is 14.7 Å². The Morgan fingerprint density at radius 1 is 1.06 bits per heavy atom. The summed E-state index contributed by atoms with van der Waals surface area (Å²) in [7, 11) is 0. The van der Waals surface area contributed by atoms with Crippen LogP contribution < -0.4 is 4.74 Å². The van der Waals surface area contributed by atoms with Crippen LogP contribution in [0.2, 0.25) is 5.02 Å². The zero-order valence-electron chi connectivity index (χ0n) is 18.0. The first-order chi connectivity index (χ1) is 16.1. The Morgan fingerprint density at radius 2 is 1.79 bits per heavy atom. The van der Waals surface area contributed by atoms with E-state index >= 15 is 0 Å². The number of benzene rings is 3. The number of fused-ring (bicyclic) bond motifs is 1. The van der Waals surface area contributed by atoms with Crippen LogP contribution in [0.1, 0.15) is 40.1 Å². The van der Waals surface area contributed by atoms with Gasteiger partial charge in [-0.25, -0.2) is 0 Å². The highest BCUT2D eigenvalue weighted by Crippen LogP contribution is 2.45. The van der Waals surface area contributed by atoms with Gasteiger partial charge in [-0.1, -0.05) is 48.0 Å². The number of amides is 1. The number of hydrogen-bond acceptors (Lipinski definition) is 4. The molecule has 1 aliphatic heterocycles. The molecule has 1 amide bonds.